The SMILES string of the molecule is COC1COC2(CCN(CCC(C)C)CC2)C2C=CSC(=C2)C1. The van der Waals surface area contributed by atoms with Crippen LogP contribution in [-0.2, 0) is 9.47 Å². The predicted octanol–water partition coefficient (Wildman–Crippen LogP) is 4.06. The largest absolute Gasteiger partial charge is 0.379 e. The molecule has 3 aliphatic heterocycles. The van der Waals surface area contributed by atoms with E-state index < -0.39 is 0 Å². The molecule has 23 heavy (non-hydrogen) atoms. The van der Waals surface area contributed by atoms with Crippen LogP contribution in [0.15, 0.2) is 22.5 Å². The summed E-state index contributed by atoms with van der Waals surface area (Å²) in [5.74, 6) is 1.22. The molecular weight excluding hydrogens is 306 g/mol. The summed E-state index contributed by atoms with van der Waals surface area (Å²) < 4.78 is 12.1. The summed E-state index contributed by atoms with van der Waals surface area (Å²) in [5, 5.41) is 2.26. The first-order chi connectivity index (χ1) is 11.1. The van der Waals surface area contributed by atoms with Crippen LogP contribution in [0.3, 0.4) is 0 Å². The first kappa shape index (κ1) is 17.5. The molecule has 2 unspecified atom stereocenters. The van der Waals surface area contributed by atoms with E-state index in [4.69, 9.17) is 9.47 Å². The Morgan fingerprint density at radius 2 is 2.17 bits per heavy atom. The molecule has 4 heteroatoms. The molecule has 3 heterocycles. The summed E-state index contributed by atoms with van der Waals surface area (Å²) in [6, 6.07) is 0. The van der Waals surface area contributed by atoms with Gasteiger partial charge in [-0.05, 0) is 42.0 Å². The fourth-order valence-corrected chi connectivity index (χ4v) is 4.74. The third-order valence-electron chi connectivity index (χ3n) is 5.52. The quantitative estimate of drug-likeness (QED) is 0.771. The molecule has 0 aromatic rings. The molecule has 0 N–H and O–H groups in total. The molecule has 3 aliphatic rings. The van der Waals surface area contributed by atoms with Crippen LogP contribution in [0.25, 0.3) is 0 Å². The molecule has 0 aliphatic carbocycles. The molecule has 0 radical (unpaired) electrons. The van der Waals surface area contributed by atoms with E-state index in [1.165, 1.54) is 17.9 Å². The van der Waals surface area contributed by atoms with Gasteiger partial charge in [0, 0.05) is 32.5 Å². The van der Waals surface area contributed by atoms with Crippen molar-refractivity contribution in [2.45, 2.75) is 51.2 Å². The van der Waals surface area contributed by atoms with Crippen LogP contribution in [0.4, 0.5) is 0 Å². The molecular formula is C19H31NO2S. The molecule has 0 amide bonds. The second-order valence-corrected chi connectivity index (χ2v) is 8.60. The molecule has 0 aromatic carbocycles. The zero-order chi connectivity index (χ0) is 16.3. The second-order valence-electron chi connectivity index (χ2n) is 7.57. The Labute approximate surface area is 145 Å². The van der Waals surface area contributed by atoms with Crippen molar-refractivity contribution in [1.82, 2.24) is 4.90 Å². The average Bonchev–Trinajstić information content (AvgIpc) is 2.57. The number of ether oxygens (including phenoxy) is 2. The molecule has 3 rings (SSSR count). The molecule has 1 saturated heterocycles. The molecule has 1 spiro atoms. The van der Waals surface area contributed by atoms with Crippen molar-refractivity contribution < 1.29 is 9.47 Å². The van der Waals surface area contributed by atoms with E-state index in [1.54, 1.807) is 7.11 Å². The van der Waals surface area contributed by atoms with Crippen molar-refractivity contribution >= 4 is 11.8 Å². The Kier molecular flexibility index (Phi) is 5.89. The van der Waals surface area contributed by atoms with Crippen LogP contribution < -0.4 is 0 Å². The average molecular weight is 338 g/mol. The first-order valence-electron chi connectivity index (χ1n) is 9.04. The number of rotatable bonds is 4. The minimum atomic E-state index is -0.0196. The fourth-order valence-electron chi connectivity index (χ4n) is 3.81. The lowest BCUT2D eigenvalue weighted by Gasteiger charge is -2.47. The van der Waals surface area contributed by atoms with E-state index in [0.717, 1.165) is 44.9 Å². The molecule has 0 aromatic heterocycles. The minimum absolute atomic E-state index is 0.0196. The van der Waals surface area contributed by atoms with Crippen molar-refractivity contribution in [3.8, 4) is 0 Å². The summed E-state index contributed by atoms with van der Waals surface area (Å²) in [7, 11) is 1.80. The second kappa shape index (κ2) is 7.73. The molecule has 2 bridgehead atoms. The molecule has 0 saturated carbocycles. The molecule has 130 valence electrons. The van der Waals surface area contributed by atoms with Crippen LogP contribution in [0.2, 0.25) is 0 Å². The first-order valence-corrected chi connectivity index (χ1v) is 9.92. The van der Waals surface area contributed by atoms with Gasteiger partial charge in [0.2, 0.25) is 0 Å². The summed E-state index contributed by atoms with van der Waals surface area (Å²) >= 11 is 1.85. The highest BCUT2D eigenvalue weighted by Crippen LogP contribution is 2.43. The van der Waals surface area contributed by atoms with E-state index in [9.17, 15) is 0 Å². The van der Waals surface area contributed by atoms with Gasteiger partial charge in [0.15, 0.2) is 0 Å². The van der Waals surface area contributed by atoms with Gasteiger partial charge < -0.3 is 14.4 Å². The van der Waals surface area contributed by atoms with Gasteiger partial charge in [-0.15, -0.1) is 11.8 Å². The van der Waals surface area contributed by atoms with Gasteiger partial charge in [0.25, 0.3) is 0 Å². The van der Waals surface area contributed by atoms with Gasteiger partial charge >= 0.3 is 0 Å². The Morgan fingerprint density at radius 3 is 2.87 bits per heavy atom. The van der Waals surface area contributed by atoms with Crippen LogP contribution >= 0.6 is 11.8 Å². The monoisotopic (exact) mass is 337 g/mol. The topological polar surface area (TPSA) is 21.7 Å². The van der Waals surface area contributed by atoms with Crippen molar-refractivity contribution in [1.29, 1.82) is 0 Å². The van der Waals surface area contributed by atoms with Gasteiger partial charge in [0.1, 0.15) is 0 Å². The van der Waals surface area contributed by atoms with Crippen molar-refractivity contribution in [3.63, 3.8) is 0 Å². The van der Waals surface area contributed by atoms with E-state index in [0.29, 0.717) is 5.92 Å². The Morgan fingerprint density at radius 1 is 1.39 bits per heavy atom. The highest BCUT2D eigenvalue weighted by Gasteiger charge is 2.43. The van der Waals surface area contributed by atoms with Gasteiger partial charge in [-0.25, -0.2) is 0 Å². The van der Waals surface area contributed by atoms with Crippen LogP contribution in [0, 0.1) is 11.8 Å². The smallest absolute Gasteiger partial charge is 0.0850 e. The summed E-state index contributed by atoms with van der Waals surface area (Å²) in [4.78, 5) is 4.07. The van der Waals surface area contributed by atoms with Crippen molar-refractivity contribution in [3.05, 3.63) is 22.5 Å². The summed E-state index contributed by atoms with van der Waals surface area (Å²) in [5.41, 5.74) is -0.0196. The standard InChI is InChI=1S/C19H31NO2S/c1-15(2)4-8-20-9-6-19(7-10-20)16-5-11-23-18(12-16)13-17(21-3)14-22-19/h5,11-12,15-17H,4,6-10,13-14H2,1-3H3. The predicted molar refractivity (Wildman–Crippen MR) is 97.5 cm³/mol. The lowest BCUT2D eigenvalue weighted by molar-refractivity contribution is -0.130. The highest BCUT2D eigenvalue weighted by atomic mass is 32.2. The number of thioether (sulfide) groups is 1. The lowest BCUT2D eigenvalue weighted by Crippen LogP contribution is -2.51. The van der Waals surface area contributed by atoms with E-state index in [1.807, 2.05) is 11.8 Å². The van der Waals surface area contributed by atoms with Gasteiger partial charge in [-0.2, -0.15) is 0 Å². The maximum absolute atomic E-state index is 6.52. The van der Waals surface area contributed by atoms with Crippen molar-refractivity contribution in [2.75, 3.05) is 33.4 Å². The van der Waals surface area contributed by atoms with Gasteiger partial charge in [-0.3, -0.25) is 0 Å². The van der Waals surface area contributed by atoms with Crippen LogP contribution in [-0.4, -0.2) is 50.0 Å². The normalized spacial score (nSPS) is 31.0. The van der Waals surface area contributed by atoms with Crippen LogP contribution in [0.1, 0.15) is 39.5 Å². The molecule has 2 atom stereocenters. The maximum atomic E-state index is 6.52. The summed E-state index contributed by atoms with van der Waals surface area (Å²) in [6.45, 7) is 8.89. The number of hydrogen-bond donors (Lipinski definition) is 0. The maximum Gasteiger partial charge on any atom is 0.0850 e. The number of hydrogen-bond acceptors (Lipinski definition) is 4. The van der Waals surface area contributed by atoms with E-state index in [2.05, 4.69) is 36.3 Å². The zero-order valence-corrected chi connectivity index (χ0v) is 15.6. The number of nitrogens with zero attached hydrogens (tertiary/aromatic N) is 1. The van der Waals surface area contributed by atoms with Crippen LogP contribution in [0.5, 0.6) is 0 Å². The van der Waals surface area contributed by atoms with Gasteiger partial charge in [0.05, 0.1) is 18.3 Å². The van der Waals surface area contributed by atoms with Crippen molar-refractivity contribution in [2.24, 2.45) is 11.8 Å². The Hall–Kier alpha value is -0.290. The fraction of sp³-hybridized carbons (Fsp3) is 0.789. The zero-order valence-electron chi connectivity index (χ0n) is 14.8. The lowest BCUT2D eigenvalue weighted by atomic mass is 9.78. The highest BCUT2D eigenvalue weighted by molar-refractivity contribution is 8.05. The Bertz CT molecular complexity index is 452. The van der Waals surface area contributed by atoms with E-state index in [-0.39, 0.29) is 11.7 Å². The minimum Gasteiger partial charge on any atom is -0.379 e. The molecule has 1 fully saturated rings. The third-order valence-corrected chi connectivity index (χ3v) is 6.42. The van der Waals surface area contributed by atoms with Gasteiger partial charge in [-0.1, -0.05) is 26.0 Å². The third kappa shape index (κ3) is 4.22. The molecule has 3 nitrogen and oxygen atoms in total. The van der Waals surface area contributed by atoms with E-state index >= 15 is 0 Å². The summed E-state index contributed by atoms with van der Waals surface area (Å²) in [6.07, 6.45) is 9.53. The number of fused-ring (bicyclic) bond motifs is 2. The number of piperidine rings is 1. The number of methoxy groups -OCH3 is 1. The Balaban J connectivity index is 1.68. The number of likely N-dealkylation sites (tertiary alicyclic amines) is 1.